The van der Waals surface area contributed by atoms with Crippen LogP contribution in [0.15, 0.2) is 36.5 Å². The summed E-state index contributed by atoms with van der Waals surface area (Å²) in [7, 11) is 0. The summed E-state index contributed by atoms with van der Waals surface area (Å²) < 4.78 is 0.908. The lowest BCUT2D eigenvalue weighted by molar-refractivity contribution is 0.0703. The van der Waals surface area contributed by atoms with Gasteiger partial charge < -0.3 is 16.6 Å². The van der Waals surface area contributed by atoms with E-state index in [1.165, 1.54) is 11.3 Å². The van der Waals surface area contributed by atoms with Gasteiger partial charge in [0.05, 0.1) is 20.8 Å². The maximum atomic E-state index is 11.8. The minimum Gasteiger partial charge on any atom is -0.477 e. The summed E-state index contributed by atoms with van der Waals surface area (Å²) in [5.74, 6) is -0.868. The molecule has 4 aromatic rings. The number of thiophene rings is 1. The second kappa shape index (κ2) is 5.80. The summed E-state index contributed by atoms with van der Waals surface area (Å²) in [5, 5.41) is 10.1. The van der Waals surface area contributed by atoms with Crippen molar-refractivity contribution < 1.29 is 9.90 Å². The van der Waals surface area contributed by atoms with Crippen LogP contribution >= 0.6 is 22.7 Å². The topological polar surface area (TPSA) is 128 Å². The lowest BCUT2D eigenvalue weighted by atomic mass is 10.0. The van der Waals surface area contributed by atoms with Crippen molar-refractivity contribution in [3.63, 3.8) is 0 Å². The first-order valence-corrected chi connectivity index (χ1v) is 8.77. The third-order valence-corrected chi connectivity index (χ3v) is 5.57. The molecule has 0 radical (unpaired) electrons. The molecule has 124 valence electrons. The van der Waals surface area contributed by atoms with E-state index in [1.807, 2.05) is 18.2 Å². The molecule has 0 aliphatic rings. The number of fused-ring (bicyclic) bond motifs is 1. The third kappa shape index (κ3) is 2.69. The van der Waals surface area contributed by atoms with E-state index in [0.717, 1.165) is 21.6 Å². The van der Waals surface area contributed by atoms with Crippen LogP contribution in [0.25, 0.3) is 31.9 Å². The van der Waals surface area contributed by atoms with Crippen molar-refractivity contribution in [3.05, 3.63) is 41.4 Å². The molecule has 0 aliphatic heterocycles. The molecule has 0 atom stereocenters. The van der Waals surface area contributed by atoms with Crippen LogP contribution in [-0.2, 0) is 0 Å². The molecule has 0 saturated heterocycles. The maximum absolute atomic E-state index is 11.8. The van der Waals surface area contributed by atoms with Gasteiger partial charge >= 0.3 is 5.97 Å². The monoisotopic (exact) mass is 369 g/mol. The number of rotatable bonds is 3. The van der Waals surface area contributed by atoms with Crippen molar-refractivity contribution in [2.45, 2.75) is 0 Å². The smallest absolute Gasteiger partial charge is 0.346 e. The molecule has 0 bridgehead atoms. The van der Waals surface area contributed by atoms with Crippen molar-refractivity contribution >= 4 is 49.9 Å². The Kier molecular flexibility index (Phi) is 3.59. The molecule has 9 heteroatoms. The highest BCUT2D eigenvalue weighted by Gasteiger charge is 2.21. The van der Waals surface area contributed by atoms with Gasteiger partial charge in [-0.05, 0) is 18.2 Å². The standard InChI is InChI=1S/C16H11N5O2S2/c17-15-19-5-4-9(20-15)11-6-8(13(24-11)14(22)23)7-2-1-3-10-12(7)21-16(18)25-10/h1-6H,(H2,18,21)(H,22,23)(H2,17,19,20). The average Bonchev–Trinajstić information content (AvgIpc) is 3.17. The Bertz CT molecular complexity index is 1120. The van der Waals surface area contributed by atoms with E-state index >= 15 is 0 Å². The molecule has 25 heavy (non-hydrogen) atoms. The molecule has 3 aromatic heterocycles. The van der Waals surface area contributed by atoms with E-state index in [0.29, 0.717) is 26.8 Å². The normalized spacial score (nSPS) is 11.0. The molecule has 1 aromatic carbocycles. The van der Waals surface area contributed by atoms with E-state index in [-0.39, 0.29) is 10.8 Å². The summed E-state index contributed by atoms with van der Waals surface area (Å²) in [6, 6.07) is 9.10. The van der Waals surface area contributed by atoms with Gasteiger partial charge in [-0.25, -0.2) is 19.7 Å². The maximum Gasteiger partial charge on any atom is 0.346 e. The number of carbonyl (C=O) groups is 1. The van der Waals surface area contributed by atoms with Gasteiger partial charge in [0, 0.05) is 17.3 Å². The minimum absolute atomic E-state index is 0.138. The number of nitrogens with zero attached hydrogens (tertiary/aromatic N) is 3. The van der Waals surface area contributed by atoms with E-state index in [2.05, 4.69) is 15.0 Å². The van der Waals surface area contributed by atoms with E-state index < -0.39 is 5.97 Å². The van der Waals surface area contributed by atoms with Gasteiger partial charge in [0.2, 0.25) is 5.95 Å². The van der Waals surface area contributed by atoms with Crippen molar-refractivity contribution in [2.24, 2.45) is 0 Å². The van der Waals surface area contributed by atoms with Crippen LogP contribution < -0.4 is 11.5 Å². The lowest BCUT2D eigenvalue weighted by Gasteiger charge is -2.01. The average molecular weight is 369 g/mol. The highest BCUT2D eigenvalue weighted by molar-refractivity contribution is 7.22. The predicted molar refractivity (Wildman–Crippen MR) is 99.7 cm³/mol. The second-order valence-corrected chi connectivity index (χ2v) is 7.28. The largest absolute Gasteiger partial charge is 0.477 e. The first-order chi connectivity index (χ1) is 12.0. The molecule has 0 amide bonds. The van der Waals surface area contributed by atoms with Crippen LogP contribution in [0, 0.1) is 0 Å². The fourth-order valence-electron chi connectivity index (χ4n) is 2.57. The van der Waals surface area contributed by atoms with Crippen LogP contribution in [0.1, 0.15) is 9.67 Å². The van der Waals surface area contributed by atoms with Crippen molar-refractivity contribution in [3.8, 4) is 21.7 Å². The molecule has 4 rings (SSSR count). The summed E-state index contributed by atoms with van der Waals surface area (Å²) in [5.41, 5.74) is 14.0. The molecular formula is C16H11N5O2S2. The number of hydrogen-bond donors (Lipinski definition) is 3. The molecular weight excluding hydrogens is 358 g/mol. The third-order valence-electron chi connectivity index (χ3n) is 3.58. The Morgan fingerprint density at radius 1 is 1.08 bits per heavy atom. The number of para-hydroxylation sites is 1. The number of thiazole rings is 1. The van der Waals surface area contributed by atoms with Crippen molar-refractivity contribution in [1.29, 1.82) is 0 Å². The van der Waals surface area contributed by atoms with Gasteiger partial charge in [-0.1, -0.05) is 23.5 Å². The Morgan fingerprint density at radius 2 is 1.92 bits per heavy atom. The number of aromatic nitrogens is 3. The fourth-order valence-corrected chi connectivity index (χ4v) is 4.31. The number of carboxylic acids is 1. The Hall–Kier alpha value is -3.04. The molecule has 7 nitrogen and oxygen atoms in total. The van der Waals surface area contributed by atoms with E-state index in [9.17, 15) is 9.90 Å². The zero-order valence-electron chi connectivity index (χ0n) is 12.6. The fraction of sp³-hybridized carbons (Fsp3) is 0. The van der Waals surface area contributed by atoms with Crippen LogP contribution in [0.2, 0.25) is 0 Å². The first-order valence-electron chi connectivity index (χ1n) is 7.14. The Balaban J connectivity index is 1.96. The molecule has 0 fully saturated rings. The number of benzene rings is 1. The zero-order valence-corrected chi connectivity index (χ0v) is 14.3. The molecule has 3 heterocycles. The van der Waals surface area contributed by atoms with Gasteiger partial charge in [-0.3, -0.25) is 0 Å². The van der Waals surface area contributed by atoms with Crippen molar-refractivity contribution in [2.75, 3.05) is 11.5 Å². The minimum atomic E-state index is -1.01. The number of aromatic carboxylic acids is 1. The second-order valence-electron chi connectivity index (χ2n) is 5.16. The van der Waals surface area contributed by atoms with Gasteiger partial charge in [-0.2, -0.15) is 0 Å². The molecule has 0 unspecified atom stereocenters. The van der Waals surface area contributed by atoms with Crippen LogP contribution in [0.3, 0.4) is 0 Å². The number of hydrogen-bond acceptors (Lipinski definition) is 8. The molecule has 0 spiro atoms. The highest BCUT2D eigenvalue weighted by Crippen LogP contribution is 2.40. The zero-order chi connectivity index (χ0) is 17.6. The van der Waals surface area contributed by atoms with Gasteiger partial charge in [0.15, 0.2) is 5.13 Å². The Morgan fingerprint density at radius 3 is 2.68 bits per heavy atom. The van der Waals surface area contributed by atoms with Crippen LogP contribution in [0.5, 0.6) is 0 Å². The number of nitrogen functional groups attached to an aromatic ring is 2. The molecule has 0 saturated carbocycles. The lowest BCUT2D eigenvalue weighted by Crippen LogP contribution is -1.94. The number of anilines is 2. The Labute approximate surface area is 149 Å². The van der Waals surface area contributed by atoms with Gasteiger partial charge in [0.1, 0.15) is 4.88 Å². The summed E-state index contributed by atoms with van der Waals surface area (Å²) in [4.78, 5) is 25.0. The van der Waals surface area contributed by atoms with E-state index in [1.54, 1.807) is 18.3 Å². The summed E-state index contributed by atoms with van der Waals surface area (Å²) in [6.07, 6.45) is 1.54. The van der Waals surface area contributed by atoms with Crippen molar-refractivity contribution in [1.82, 2.24) is 15.0 Å². The quantitative estimate of drug-likeness (QED) is 0.505. The summed E-state index contributed by atoms with van der Waals surface area (Å²) >= 11 is 2.50. The summed E-state index contributed by atoms with van der Waals surface area (Å²) in [6.45, 7) is 0. The molecule has 5 N–H and O–H groups in total. The highest BCUT2D eigenvalue weighted by atomic mass is 32.1. The number of nitrogens with two attached hydrogens (primary N) is 2. The van der Waals surface area contributed by atoms with Crippen LogP contribution in [0.4, 0.5) is 11.1 Å². The number of carboxylic acid groups (broad SMARTS) is 1. The SMILES string of the molecule is Nc1nccc(-c2cc(-c3cccc4sc(N)nc34)c(C(=O)O)s2)n1. The predicted octanol–water partition coefficient (Wildman–Crippen LogP) is 3.34. The van der Waals surface area contributed by atoms with Gasteiger partial charge in [0.25, 0.3) is 0 Å². The molecule has 0 aliphatic carbocycles. The first kappa shape index (κ1) is 15.5. The van der Waals surface area contributed by atoms with E-state index in [4.69, 9.17) is 11.5 Å². The van der Waals surface area contributed by atoms with Crippen LogP contribution in [-0.4, -0.2) is 26.0 Å². The van der Waals surface area contributed by atoms with Gasteiger partial charge in [-0.15, -0.1) is 11.3 Å².